The highest BCUT2D eigenvalue weighted by atomic mass is 35.5. The van der Waals surface area contributed by atoms with Crippen molar-refractivity contribution in [3.8, 4) is 0 Å². The van der Waals surface area contributed by atoms with Crippen LogP contribution in [0.15, 0.2) is 10.3 Å². The van der Waals surface area contributed by atoms with Crippen molar-refractivity contribution in [1.82, 2.24) is 9.21 Å². The lowest BCUT2D eigenvalue weighted by atomic mass is 10.4. The van der Waals surface area contributed by atoms with Crippen LogP contribution in [0.4, 0.5) is 0 Å². The van der Waals surface area contributed by atoms with Gasteiger partial charge in [0.05, 0.1) is 15.6 Å². The number of nitrogens with zero attached hydrogens (tertiary/aromatic N) is 2. The van der Waals surface area contributed by atoms with Gasteiger partial charge in [-0.25, -0.2) is 4.31 Å². The van der Waals surface area contributed by atoms with Crippen molar-refractivity contribution >= 4 is 52.8 Å². The molecule has 7 heteroatoms. The van der Waals surface area contributed by atoms with Crippen LogP contribution in [0.3, 0.4) is 0 Å². The Morgan fingerprint density at radius 1 is 1.31 bits per heavy atom. The second kappa shape index (κ2) is 5.60. The van der Waals surface area contributed by atoms with Crippen LogP contribution in [-0.2, 0) is 0 Å². The van der Waals surface area contributed by atoms with Crippen molar-refractivity contribution in [3.05, 3.63) is 15.4 Å². The molecule has 1 aliphatic heterocycles. The molecule has 1 aliphatic rings. The Morgan fingerprint density at radius 3 is 2.50 bits per heavy atom. The highest BCUT2D eigenvalue weighted by Gasteiger charge is 2.17. The van der Waals surface area contributed by atoms with Crippen LogP contribution in [-0.4, -0.2) is 41.7 Å². The van der Waals surface area contributed by atoms with E-state index in [-0.39, 0.29) is 0 Å². The van der Waals surface area contributed by atoms with Crippen molar-refractivity contribution in [2.24, 2.45) is 0 Å². The first-order valence-electron chi connectivity index (χ1n) is 4.81. The summed E-state index contributed by atoms with van der Waals surface area (Å²) in [5.74, 6) is 0. The van der Waals surface area contributed by atoms with Crippen LogP contribution in [0, 0.1) is 5.41 Å². The normalized spacial score (nSPS) is 17.8. The molecular formula is C9H11Cl2N3S2. The van der Waals surface area contributed by atoms with Crippen molar-refractivity contribution in [2.75, 3.05) is 26.2 Å². The van der Waals surface area contributed by atoms with E-state index in [1.807, 2.05) is 11.0 Å². The van der Waals surface area contributed by atoms with Crippen LogP contribution in [0.25, 0.3) is 0 Å². The largest absolute Gasteiger partial charge is 0.361 e. The third kappa shape index (κ3) is 3.05. The number of hydrogen-bond acceptors (Lipinski definition) is 4. The number of piperazine rings is 1. The second-order valence-electron chi connectivity index (χ2n) is 3.37. The average Bonchev–Trinajstić information content (AvgIpc) is 2.59. The number of halogens is 2. The first-order valence-corrected chi connectivity index (χ1v) is 7.16. The predicted molar refractivity (Wildman–Crippen MR) is 72.1 cm³/mol. The maximum absolute atomic E-state index is 7.16. The summed E-state index contributed by atoms with van der Waals surface area (Å²) in [6, 6.07) is 1.90. The third-order valence-corrected chi connectivity index (χ3v) is 5.35. The maximum Gasteiger partial charge on any atom is 0.113 e. The second-order valence-corrected chi connectivity index (χ2v) is 6.83. The standard InChI is InChI=1S/C9H11Cl2N3S2/c10-7-5-8(15-9(7)11)16-14-3-1-13(6-12)2-4-14/h5-6,12H,1-4H2. The molecule has 0 unspecified atom stereocenters. The van der Waals surface area contributed by atoms with E-state index in [0.717, 1.165) is 30.4 Å². The molecule has 0 aromatic carbocycles. The lowest BCUT2D eigenvalue weighted by molar-refractivity contribution is 0.287. The summed E-state index contributed by atoms with van der Waals surface area (Å²) in [6.07, 6.45) is 1.40. The zero-order valence-electron chi connectivity index (χ0n) is 8.45. The number of rotatable bonds is 3. The Hall–Kier alpha value is 0.0600. The molecule has 1 saturated heterocycles. The first kappa shape index (κ1) is 12.5. The van der Waals surface area contributed by atoms with Crippen LogP contribution in [0.5, 0.6) is 0 Å². The van der Waals surface area contributed by atoms with Crippen LogP contribution < -0.4 is 0 Å². The minimum atomic E-state index is 0.632. The van der Waals surface area contributed by atoms with Gasteiger partial charge in [-0.15, -0.1) is 11.3 Å². The van der Waals surface area contributed by atoms with E-state index in [0.29, 0.717) is 9.36 Å². The van der Waals surface area contributed by atoms with Crippen LogP contribution in [0.1, 0.15) is 0 Å². The fourth-order valence-corrected chi connectivity index (χ4v) is 4.21. The monoisotopic (exact) mass is 295 g/mol. The predicted octanol–water partition coefficient (Wildman–Crippen LogP) is 3.29. The molecule has 1 aromatic heterocycles. The highest BCUT2D eigenvalue weighted by molar-refractivity contribution is 7.99. The summed E-state index contributed by atoms with van der Waals surface area (Å²) in [5.41, 5.74) is 0. The smallest absolute Gasteiger partial charge is 0.113 e. The molecule has 0 saturated carbocycles. The van der Waals surface area contributed by atoms with Gasteiger partial charge in [0, 0.05) is 26.2 Å². The molecule has 0 radical (unpaired) electrons. The van der Waals surface area contributed by atoms with Gasteiger partial charge in [0.2, 0.25) is 0 Å². The average molecular weight is 296 g/mol. The molecule has 88 valence electrons. The van der Waals surface area contributed by atoms with Gasteiger partial charge in [-0.1, -0.05) is 23.2 Å². The summed E-state index contributed by atoms with van der Waals surface area (Å²) >= 11 is 15.0. The Balaban J connectivity index is 1.89. The van der Waals surface area contributed by atoms with Gasteiger partial charge in [-0.3, -0.25) is 5.41 Å². The summed E-state index contributed by atoms with van der Waals surface area (Å²) in [4.78, 5) is 2.01. The van der Waals surface area contributed by atoms with Crippen molar-refractivity contribution in [1.29, 1.82) is 5.41 Å². The Morgan fingerprint density at radius 2 is 2.00 bits per heavy atom. The van der Waals surface area contributed by atoms with Crippen molar-refractivity contribution in [2.45, 2.75) is 4.21 Å². The SMILES string of the molecule is N=CN1CCN(Sc2cc(Cl)c(Cl)s2)CC1. The third-order valence-electron chi connectivity index (χ3n) is 2.30. The summed E-state index contributed by atoms with van der Waals surface area (Å²) < 4.78 is 4.05. The van der Waals surface area contributed by atoms with E-state index in [4.69, 9.17) is 28.6 Å². The number of hydrogen-bond donors (Lipinski definition) is 1. The Bertz CT molecular complexity index is 355. The quantitative estimate of drug-likeness (QED) is 0.527. The zero-order chi connectivity index (χ0) is 11.5. The van der Waals surface area contributed by atoms with Gasteiger partial charge < -0.3 is 4.90 Å². The molecule has 1 aromatic rings. The van der Waals surface area contributed by atoms with E-state index >= 15 is 0 Å². The molecule has 0 aliphatic carbocycles. The molecule has 1 fully saturated rings. The molecule has 3 nitrogen and oxygen atoms in total. The van der Waals surface area contributed by atoms with Gasteiger partial charge >= 0.3 is 0 Å². The van der Waals surface area contributed by atoms with Crippen LogP contribution in [0.2, 0.25) is 9.36 Å². The van der Waals surface area contributed by atoms with E-state index in [1.54, 1.807) is 11.9 Å². The van der Waals surface area contributed by atoms with Gasteiger partial charge in [0.25, 0.3) is 0 Å². The molecule has 0 spiro atoms. The molecule has 16 heavy (non-hydrogen) atoms. The summed E-state index contributed by atoms with van der Waals surface area (Å²) in [7, 11) is 0. The molecule has 2 heterocycles. The van der Waals surface area contributed by atoms with Gasteiger partial charge in [0.15, 0.2) is 0 Å². The molecular weight excluding hydrogens is 285 g/mol. The Kier molecular flexibility index (Phi) is 4.38. The lowest BCUT2D eigenvalue weighted by Gasteiger charge is -2.31. The van der Waals surface area contributed by atoms with Crippen molar-refractivity contribution in [3.63, 3.8) is 0 Å². The Labute approximate surface area is 113 Å². The molecule has 0 bridgehead atoms. The molecule has 2 rings (SSSR count). The van der Waals surface area contributed by atoms with E-state index in [9.17, 15) is 0 Å². The van der Waals surface area contributed by atoms with E-state index in [1.165, 1.54) is 17.7 Å². The lowest BCUT2D eigenvalue weighted by Crippen LogP contribution is -2.42. The minimum absolute atomic E-state index is 0.632. The van der Waals surface area contributed by atoms with E-state index in [2.05, 4.69) is 4.31 Å². The van der Waals surface area contributed by atoms with Gasteiger partial charge in [-0.2, -0.15) is 0 Å². The fourth-order valence-electron chi connectivity index (χ4n) is 1.42. The fraction of sp³-hybridized carbons (Fsp3) is 0.444. The van der Waals surface area contributed by atoms with E-state index < -0.39 is 0 Å². The summed E-state index contributed by atoms with van der Waals surface area (Å²) in [6.45, 7) is 3.72. The molecule has 0 atom stereocenters. The first-order chi connectivity index (χ1) is 7.69. The zero-order valence-corrected chi connectivity index (χ0v) is 11.6. The van der Waals surface area contributed by atoms with Gasteiger partial charge in [0.1, 0.15) is 4.34 Å². The number of thiophene rings is 1. The van der Waals surface area contributed by atoms with Crippen LogP contribution >= 0.6 is 46.5 Å². The number of nitrogens with one attached hydrogen (secondary N) is 1. The highest BCUT2D eigenvalue weighted by Crippen LogP contribution is 2.38. The maximum atomic E-state index is 7.16. The summed E-state index contributed by atoms with van der Waals surface area (Å²) in [5, 5.41) is 7.79. The molecule has 0 amide bonds. The topological polar surface area (TPSA) is 30.3 Å². The minimum Gasteiger partial charge on any atom is -0.361 e. The van der Waals surface area contributed by atoms with Crippen molar-refractivity contribution < 1.29 is 0 Å². The van der Waals surface area contributed by atoms with Gasteiger partial charge in [-0.05, 0) is 18.0 Å². The molecule has 1 N–H and O–H groups in total.